The van der Waals surface area contributed by atoms with Crippen LogP contribution in [0, 0.1) is 0 Å². The van der Waals surface area contributed by atoms with Crippen LogP contribution in [0.3, 0.4) is 0 Å². The Morgan fingerprint density at radius 1 is 0.739 bits per heavy atom. The van der Waals surface area contributed by atoms with E-state index < -0.39 is 5.60 Å². The van der Waals surface area contributed by atoms with E-state index in [-0.39, 0.29) is 5.75 Å². The Bertz CT molecular complexity index is 1060. The number of hydrogen-bond acceptors (Lipinski definition) is 2. The van der Waals surface area contributed by atoms with Crippen LogP contribution >= 0.6 is 0 Å². The largest absolute Gasteiger partial charge is 0.507 e. The van der Waals surface area contributed by atoms with Crippen LogP contribution in [0.15, 0.2) is 60.7 Å². The first-order valence-corrected chi connectivity index (χ1v) is 7.76. The summed E-state index contributed by atoms with van der Waals surface area (Å²) in [6.45, 7) is 3.53. The molecule has 0 fully saturated rings. The van der Waals surface area contributed by atoms with E-state index in [0.717, 1.165) is 37.9 Å². The predicted molar refractivity (Wildman–Crippen MR) is 95.9 cm³/mol. The predicted octanol–water partition coefficient (Wildman–Crippen LogP) is 5.08. The Balaban J connectivity index is 2.25. The van der Waals surface area contributed by atoms with E-state index in [0.29, 0.717) is 0 Å². The lowest BCUT2D eigenvalue weighted by Gasteiger charge is -2.21. The fourth-order valence-electron chi connectivity index (χ4n) is 3.47. The normalized spacial score (nSPS) is 12.3. The first-order valence-electron chi connectivity index (χ1n) is 7.76. The lowest BCUT2D eigenvalue weighted by Crippen LogP contribution is -2.15. The molecular formula is C21H18O2. The highest BCUT2D eigenvalue weighted by atomic mass is 16.3. The van der Waals surface area contributed by atoms with Gasteiger partial charge >= 0.3 is 0 Å². The van der Waals surface area contributed by atoms with E-state index in [1.165, 1.54) is 0 Å². The number of rotatable bonds is 1. The van der Waals surface area contributed by atoms with Gasteiger partial charge in [-0.1, -0.05) is 54.6 Å². The maximum atomic E-state index is 10.7. The zero-order valence-electron chi connectivity index (χ0n) is 13.2. The average molecular weight is 302 g/mol. The Kier molecular flexibility index (Phi) is 2.87. The van der Waals surface area contributed by atoms with Crippen molar-refractivity contribution < 1.29 is 10.2 Å². The van der Waals surface area contributed by atoms with Gasteiger partial charge in [-0.05, 0) is 52.4 Å². The van der Waals surface area contributed by atoms with Crippen LogP contribution in [0.1, 0.15) is 19.4 Å². The van der Waals surface area contributed by atoms with Crippen molar-refractivity contribution in [3.8, 4) is 5.75 Å². The maximum Gasteiger partial charge on any atom is 0.124 e. The minimum Gasteiger partial charge on any atom is -0.507 e. The molecule has 2 N–H and O–H groups in total. The smallest absolute Gasteiger partial charge is 0.124 e. The molecule has 4 rings (SSSR count). The van der Waals surface area contributed by atoms with Crippen molar-refractivity contribution in [1.29, 1.82) is 0 Å². The van der Waals surface area contributed by atoms with Gasteiger partial charge in [-0.2, -0.15) is 0 Å². The van der Waals surface area contributed by atoms with Gasteiger partial charge in [0.1, 0.15) is 5.75 Å². The quantitative estimate of drug-likeness (QED) is 0.481. The van der Waals surface area contributed by atoms with E-state index in [2.05, 4.69) is 6.07 Å². The number of benzene rings is 4. The molecule has 114 valence electrons. The highest BCUT2D eigenvalue weighted by Crippen LogP contribution is 2.40. The Morgan fingerprint density at radius 2 is 1.48 bits per heavy atom. The number of phenols is 1. The highest BCUT2D eigenvalue weighted by Gasteiger charge is 2.20. The SMILES string of the molecule is CC(C)(O)c1cccc2c1cc(O)c1c3ccccc3ccc21. The van der Waals surface area contributed by atoms with Crippen molar-refractivity contribution in [3.63, 3.8) is 0 Å². The summed E-state index contributed by atoms with van der Waals surface area (Å²) in [5.74, 6) is 0.251. The zero-order valence-corrected chi connectivity index (χ0v) is 13.2. The molecule has 0 atom stereocenters. The lowest BCUT2D eigenvalue weighted by atomic mass is 9.89. The van der Waals surface area contributed by atoms with E-state index in [1.54, 1.807) is 19.9 Å². The second-order valence-electron chi connectivity index (χ2n) is 6.56. The van der Waals surface area contributed by atoms with E-state index in [9.17, 15) is 10.2 Å². The molecule has 0 amide bonds. The van der Waals surface area contributed by atoms with Crippen molar-refractivity contribution in [2.24, 2.45) is 0 Å². The number of fused-ring (bicyclic) bond motifs is 5. The number of aliphatic hydroxyl groups is 1. The third-order valence-corrected chi connectivity index (χ3v) is 4.52. The molecule has 0 saturated heterocycles. The molecule has 0 radical (unpaired) electrons. The van der Waals surface area contributed by atoms with Crippen LogP contribution < -0.4 is 0 Å². The van der Waals surface area contributed by atoms with Gasteiger partial charge in [-0.15, -0.1) is 0 Å². The Labute approximate surface area is 134 Å². The van der Waals surface area contributed by atoms with Gasteiger partial charge in [0, 0.05) is 5.39 Å². The summed E-state index contributed by atoms with van der Waals surface area (Å²) in [5.41, 5.74) is -0.142. The van der Waals surface area contributed by atoms with Crippen molar-refractivity contribution in [2.45, 2.75) is 19.4 Å². The third kappa shape index (κ3) is 2.07. The van der Waals surface area contributed by atoms with Gasteiger partial charge in [-0.3, -0.25) is 0 Å². The van der Waals surface area contributed by atoms with Crippen LogP contribution in [0.5, 0.6) is 5.75 Å². The molecule has 0 spiro atoms. The molecule has 0 unspecified atom stereocenters. The summed E-state index contributed by atoms with van der Waals surface area (Å²) in [7, 11) is 0. The topological polar surface area (TPSA) is 40.5 Å². The van der Waals surface area contributed by atoms with Crippen molar-refractivity contribution in [2.75, 3.05) is 0 Å². The van der Waals surface area contributed by atoms with Gasteiger partial charge in [0.25, 0.3) is 0 Å². The fraction of sp³-hybridized carbons (Fsp3) is 0.143. The molecule has 0 bridgehead atoms. The van der Waals surface area contributed by atoms with Crippen LogP contribution in [0.25, 0.3) is 32.3 Å². The van der Waals surface area contributed by atoms with Crippen LogP contribution in [-0.4, -0.2) is 10.2 Å². The molecule has 0 saturated carbocycles. The zero-order chi connectivity index (χ0) is 16.2. The lowest BCUT2D eigenvalue weighted by molar-refractivity contribution is 0.0802. The minimum atomic E-state index is -0.962. The van der Waals surface area contributed by atoms with Crippen LogP contribution in [0.4, 0.5) is 0 Å². The molecule has 0 aliphatic heterocycles. The van der Waals surface area contributed by atoms with Crippen molar-refractivity contribution in [1.82, 2.24) is 0 Å². The molecule has 4 aromatic carbocycles. The van der Waals surface area contributed by atoms with E-state index >= 15 is 0 Å². The molecule has 0 aliphatic rings. The fourth-order valence-corrected chi connectivity index (χ4v) is 3.47. The standard InChI is InChI=1S/C21H18O2/c1-21(2,23)18-9-5-8-15-16-11-10-13-6-3-4-7-14(13)20(16)19(22)12-17(15)18/h3-12,22-23H,1-2H3. The van der Waals surface area contributed by atoms with Crippen LogP contribution in [0.2, 0.25) is 0 Å². The molecule has 0 aromatic heterocycles. The average Bonchev–Trinajstić information content (AvgIpc) is 2.53. The van der Waals surface area contributed by atoms with Gasteiger partial charge in [-0.25, -0.2) is 0 Å². The second-order valence-corrected chi connectivity index (χ2v) is 6.56. The molecule has 2 nitrogen and oxygen atoms in total. The maximum absolute atomic E-state index is 10.7. The van der Waals surface area contributed by atoms with Crippen molar-refractivity contribution >= 4 is 32.3 Å². The first-order chi connectivity index (χ1) is 11.0. The van der Waals surface area contributed by atoms with Gasteiger partial charge < -0.3 is 10.2 Å². The van der Waals surface area contributed by atoms with Crippen LogP contribution in [-0.2, 0) is 5.60 Å². The summed E-state index contributed by atoms with van der Waals surface area (Å²) in [6.07, 6.45) is 0. The van der Waals surface area contributed by atoms with Gasteiger partial charge in [0.2, 0.25) is 0 Å². The second kappa shape index (κ2) is 4.71. The third-order valence-electron chi connectivity index (χ3n) is 4.52. The highest BCUT2D eigenvalue weighted by molar-refractivity contribution is 6.20. The van der Waals surface area contributed by atoms with E-state index in [4.69, 9.17) is 0 Å². The number of aromatic hydroxyl groups is 1. The molecule has 2 heteroatoms. The Morgan fingerprint density at radius 3 is 2.26 bits per heavy atom. The number of hydrogen-bond donors (Lipinski definition) is 2. The molecule has 4 aromatic rings. The summed E-state index contributed by atoms with van der Waals surface area (Å²) < 4.78 is 0. The summed E-state index contributed by atoms with van der Waals surface area (Å²) in [5, 5.41) is 27.1. The molecule has 23 heavy (non-hydrogen) atoms. The molecular weight excluding hydrogens is 284 g/mol. The summed E-state index contributed by atoms with van der Waals surface area (Å²) in [6, 6.07) is 19.9. The van der Waals surface area contributed by atoms with Gasteiger partial charge in [0.15, 0.2) is 0 Å². The van der Waals surface area contributed by atoms with Crippen molar-refractivity contribution in [3.05, 3.63) is 66.2 Å². The summed E-state index contributed by atoms with van der Waals surface area (Å²) in [4.78, 5) is 0. The molecule has 0 aliphatic carbocycles. The monoisotopic (exact) mass is 302 g/mol. The minimum absolute atomic E-state index is 0.251. The van der Waals surface area contributed by atoms with E-state index in [1.807, 2.05) is 48.5 Å². The van der Waals surface area contributed by atoms with Gasteiger partial charge in [0.05, 0.1) is 5.60 Å². The molecule has 0 heterocycles. The number of phenolic OH excluding ortho intramolecular Hbond substituents is 1. The first kappa shape index (κ1) is 14.0. The Hall–Kier alpha value is -2.58. The summed E-state index contributed by atoms with van der Waals surface area (Å²) >= 11 is 0.